The molecular weight excluding hydrogens is 240 g/mol. The minimum atomic E-state index is -3.57. The average molecular weight is 253 g/mol. The van der Waals surface area contributed by atoms with Crippen molar-refractivity contribution in [2.24, 2.45) is 0 Å². The van der Waals surface area contributed by atoms with Gasteiger partial charge in [0.25, 0.3) is 0 Å². The van der Waals surface area contributed by atoms with Crippen LogP contribution < -0.4 is 0 Å². The van der Waals surface area contributed by atoms with Gasteiger partial charge in [-0.3, -0.25) is 0 Å². The summed E-state index contributed by atoms with van der Waals surface area (Å²) in [4.78, 5) is 0.249. The van der Waals surface area contributed by atoms with Crippen molar-refractivity contribution in [2.45, 2.75) is 16.4 Å². The molecule has 2 atom stereocenters. The van der Waals surface area contributed by atoms with Crippen LogP contribution in [-0.2, 0) is 19.3 Å². The van der Waals surface area contributed by atoms with Gasteiger partial charge in [0.15, 0.2) is 5.44 Å². The van der Waals surface area contributed by atoms with Gasteiger partial charge >= 0.3 is 0 Å². The second-order valence-corrected chi connectivity index (χ2v) is 5.65. The largest absolute Gasteiger partial charge is 0.373 e. The summed E-state index contributed by atoms with van der Waals surface area (Å²) in [7, 11) is -0.787. The maximum Gasteiger partial charge on any atom is 0.208 e. The Morgan fingerprint density at radius 2 is 1.88 bits per heavy atom. The van der Waals surface area contributed by atoms with Crippen LogP contribution in [0, 0.1) is 6.08 Å². The van der Waals surface area contributed by atoms with Crippen molar-refractivity contribution in [3.63, 3.8) is 0 Å². The highest BCUT2D eigenvalue weighted by Crippen LogP contribution is 2.28. The van der Waals surface area contributed by atoms with Crippen LogP contribution in [0.2, 0.25) is 0 Å². The lowest BCUT2D eigenvalue weighted by Crippen LogP contribution is -2.35. The highest BCUT2D eigenvalue weighted by atomic mass is 32.2. The first-order valence-corrected chi connectivity index (χ1v) is 6.63. The zero-order chi connectivity index (χ0) is 12.5. The van der Waals surface area contributed by atoms with E-state index in [1.165, 1.54) is 14.2 Å². The summed E-state index contributed by atoms with van der Waals surface area (Å²) in [6.07, 6.45) is 3.79. The maximum atomic E-state index is 12.4. The molecule has 0 saturated heterocycles. The second-order valence-electron chi connectivity index (χ2n) is 3.65. The van der Waals surface area contributed by atoms with Gasteiger partial charge in [-0.05, 0) is 23.8 Å². The molecule has 2 unspecified atom stereocenters. The van der Waals surface area contributed by atoms with Crippen molar-refractivity contribution < 1.29 is 17.9 Å². The van der Waals surface area contributed by atoms with Gasteiger partial charge < -0.3 is 9.47 Å². The molecule has 0 N–H and O–H groups in total. The molecule has 0 aliphatic carbocycles. The van der Waals surface area contributed by atoms with Gasteiger partial charge in [0, 0.05) is 14.2 Å². The van der Waals surface area contributed by atoms with Crippen LogP contribution in [0.25, 0.3) is 6.08 Å². The predicted octanol–water partition coefficient (Wildman–Crippen LogP) is 1.28. The van der Waals surface area contributed by atoms with Gasteiger partial charge in [-0.25, -0.2) is 8.42 Å². The number of methoxy groups -OCH3 is 2. The van der Waals surface area contributed by atoms with Crippen molar-refractivity contribution in [1.82, 2.24) is 0 Å². The number of hydrogen-bond donors (Lipinski definition) is 0. The fraction of sp³-hybridized carbons (Fsp3) is 0.333. The van der Waals surface area contributed by atoms with E-state index in [0.29, 0.717) is 5.56 Å². The molecule has 1 aliphatic heterocycles. The lowest BCUT2D eigenvalue weighted by molar-refractivity contribution is 0.0289. The van der Waals surface area contributed by atoms with Crippen molar-refractivity contribution in [3.8, 4) is 0 Å². The number of benzene rings is 1. The van der Waals surface area contributed by atoms with E-state index in [1.807, 2.05) is 0 Å². The molecule has 0 fully saturated rings. The zero-order valence-electron chi connectivity index (χ0n) is 9.58. The fourth-order valence-corrected chi connectivity index (χ4v) is 3.57. The third-order valence-corrected chi connectivity index (χ3v) is 4.70. The molecule has 0 spiro atoms. The lowest BCUT2D eigenvalue weighted by Gasteiger charge is -2.20. The number of fused-ring (bicyclic) bond motifs is 1. The molecule has 17 heavy (non-hydrogen) atoms. The molecule has 2 rings (SSSR count). The molecular formula is C12H13O4S. The normalized spacial score (nSPS) is 26.2. The first-order chi connectivity index (χ1) is 8.11. The van der Waals surface area contributed by atoms with E-state index in [-0.39, 0.29) is 4.90 Å². The minimum absolute atomic E-state index is 0.249. The summed E-state index contributed by atoms with van der Waals surface area (Å²) in [5.74, 6) is 0. The van der Waals surface area contributed by atoms with Gasteiger partial charge in [-0.2, -0.15) is 0 Å². The highest BCUT2D eigenvalue weighted by molar-refractivity contribution is 7.92. The van der Waals surface area contributed by atoms with Crippen LogP contribution >= 0.6 is 0 Å². The predicted molar refractivity (Wildman–Crippen MR) is 62.9 cm³/mol. The Morgan fingerprint density at radius 3 is 2.53 bits per heavy atom. The SMILES string of the molecule is COC1[C]=Cc2ccccc2S(=O)(=O)C1OC. The minimum Gasteiger partial charge on any atom is -0.373 e. The van der Waals surface area contributed by atoms with E-state index in [1.54, 1.807) is 30.3 Å². The van der Waals surface area contributed by atoms with Gasteiger partial charge in [0.1, 0.15) is 6.10 Å². The molecule has 0 bridgehead atoms. The monoisotopic (exact) mass is 253 g/mol. The van der Waals surface area contributed by atoms with Gasteiger partial charge in [0.05, 0.1) is 4.90 Å². The molecule has 0 aromatic heterocycles. The van der Waals surface area contributed by atoms with Gasteiger partial charge in [0.2, 0.25) is 9.84 Å². The van der Waals surface area contributed by atoms with E-state index in [9.17, 15) is 8.42 Å². The second kappa shape index (κ2) is 4.60. The fourth-order valence-electron chi connectivity index (χ4n) is 1.83. The average Bonchev–Trinajstić information content (AvgIpc) is 2.44. The number of sulfone groups is 1. The quantitative estimate of drug-likeness (QED) is 0.796. The third-order valence-electron chi connectivity index (χ3n) is 2.67. The Labute approximate surface area is 101 Å². The number of rotatable bonds is 2. The smallest absolute Gasteiger partial charge is 0.208 e. The van der Waals surface area contributed by atoms with Gasteiger partial charge in [-0.1, -0.05) is 18.2 Å². The summed E-state index contributed by atoms with van der Waals surface area (Å²) in [5.41, 5.74) is -0.457. The molecule has 1 radical (unpaired) electrons. The van der Waals surface area contributed by atoms with Crippen LogP contribution in [0.4, 0.5) is 0 Å². The van der Waals surface area contributed by atoms with E-state index in [0.717, 1.165) is 0 Å². The zero-order valence-corrected chi connectivity index (χ0v) is 10.4. The van der Waals surface area contributed by atoms with Crippen LogP contribution in [-0.4, -0.2) is 34.2 Å². The molecule has 0 saturated carbocycles. The Hall–Kier alpha value is -1.17. The molecule has 1 heterocycles. The summed E-state index contributed by atoms with van der Waals surface area (Å²) >= 11 is 0. The lowest BCUT2D eigenvalue weighted by atomic mass is 10.2. The number of hydrogen-bond acceptors (Lipinski definition) is 4. The van der Waals surface area contributed by atoms with E-state index in [2.05, 4.69) is 6.08 Å². The first-order valence-electron chi connectivity index (χ1n) is 5.09. The molecule has 5 heteroatoms. The van der Waals surface area contributed by atoms with Crippen LogP contribution in [0.5, 0.6) is 0 Å². The van der Waals surface area contributed by atoms with Crippen molar-refractivity contribution in [3.05, 3.63) is 35.9 Å². The topological polar surface area (TPSA) is 52.6 Å². The summed E-state index contributed by atoms with van der Waals surface area (Å²) in [5, 5.41) is 0. The Bertz CT molecular complexity index is 533. The van der Waals surface area contributed by atoms with Crippen molar-refractivity contribution >= 4 is 15.9 Å². The first kappa shape index (κ1) is 12.3. The molecule has 4 nitrogen and oxygen atoms in total. The molecule has 1 aromatic carbocycles. The molecule has 91 valence electrons. The van der Waals surface area contributed by atoms with E-state index >= 15 is 0 Å². The molecule has 1 aliphatic rings. The summed E-state index contributed by atoms with van der Waals surface area (Å²) < 4.78 is 34.9. The van der Waals surface area contributed by atoms with Crippen molar-refractivity contribution in [2.75, 3.05) is 14.2 Å². The Balaban J connectivity index is 2.64. The van der Waals surface area contributed by atoms with Gasteiger partial charge in [-0.15, -0.1) is 0 Å². The van der Waals surface area contributed by atoms with E-state index < -0.39 is 21.4 Å². The van der Waals surface area contributed by atoms with Crippen molar-refractivity contribution in [1.29, 1.82) is 0 Å². The third kappa shape index (κ3) is 2.01. The molecule has 0 amide bonds. The van der Waals surface area contributed by atoms with Crippen LogP contribution in [0.1, 0.15) is 5.56 Å². The van der Waals surface area contributed by atoms with E-state index in [4.69, 9.17) is 9.47 Å². The summed E-state index contributed by atoms with van der Waals surface area (Å²) in [6.45, 7) is 0. The maximum absolute atomic E-state index is 12.4. The highest BCUT2D eigenvalue weighted by Gasteiger charge is 2.37. The number of ether oxygens (including phenoxy) is 2. The van der Waals surface area contributed by atoms with Crippen LogP contribution in [0.3, 0.4) is 0 Å². The Kier molecular flexibility index (Phi) is 3.33. The standard InChI is InChI=1S/C12H13O4S/c1-15-10-8-7-9-5-3-4-6-11(9)17(13,14)12(10)16-2/h3-7,10,12H,1-2H3. The summed E-state index contributed by atoms with van der Waals surface area (Å²) in [6, 6.07) is 6.75. The molecule has 1 aromatic rings. The van der Waals surface area contributed by atoms with Crippen LogP contribution in [0.15, 0.2) is 29.2 Å². The Morgan fingerprint density at radius 1 is 1.18 bits per heavy atom.